The molecule has 3 N–H and O–H groups in total. The highest BCUT2D eigenvalue weighted by molar-refractivity contribution is 8.13. The molecule has 0 spiro atoms. The Kier molecular flexibility index (Phi) is 6.01. The van der Waals surface area contributed by atoms with Crippen LogP contribution in [0.1, 0.15) is 29.6 Å². The third-order valence-electron chi connectivity index (χ3n) is 4.10. The van der Waals surface area contributed by atoms with E-state index in [2.05, 4.69) is 10.3 Å². The first-order chi connectivity index (χ1) is 10.1. The number of carbonyl (C=O) groups excluding carboxylic acids is 1. The Hall–Kier alpha value is -0.910. The van der Waals surface area contributed by atoms with Crippen LogP contribution < -0.4 is 11.1 Å². The fourth-order valence-electron chi connectivity index (χ4n) is 3.02. The maximum Gasteiger partial charge on any atom is 0.251 e. The highest BCUT2D eigenvalue weighted by Crippen LogP contribution is 2.33. The summed E-state index contributed by atoms with van der Waals surface area (Å²) in [6, 6.07) is 7.60. The molecule has 1 aromatic rings. The molecule has 3 rings (SSSR count). The fourth-order valence-corrected chi connectivity index (χ4v) is 4.16. The first-order valence-corrected chi connectivity index (χ1v) is 8.50. The molecule has 0 radical (unpaired) electrons. The summed E-state index contributed by atoms with van der Waals surface area (Å²) in [5.41, 5.74) is 6.39. The molecular formula is C15H19Cl2N3OS. The highest BCUT2D eigenvalue weighted by Gasteiger charge is 2.33. The normalized spacial score (nSPS) is 27.1. The number of benzene rings is 1. The molecule has 120 valence electrons. The monoisotopic (exact) mass is 359 g/mol. The van der Waals surface area contributed by atoms with Gasteiger partial charge in [0.1, 0.15) is 0 Å². The number of amides is 1. The zero-order valence-electron chi connectivity index (χ0n) is 12.0. The SMILES string of the molecule is Cl.NC1=NC2CCC(NC(=O)c3cccc(Cl)c3)CC2CS1. The van der Waals surface area contributed by atoms with Crippen LogP contribution in [0.3, 0.4) is 0 Å². The summed E-state index contributed by atoms with van der Waals surface area (Å²) in [5.74, 6) is 1.47. The number of carbonyl (C=O) groups is 1. The number of hydrogen-bond donors (Lipinski definition) is 2. The van der Waals surface area contributed by atoms with Gasteiger partial charge in [-0.25, -0.2) is 0 Å². The van der Waals surface area contributed by atoms with Crippen LogP contribution in [-0.4, -0.2) is 28.9 Å². The van der Waals surface area contributed by atoms with Crippen LogP contribution in [0.15, 0.2) is 29.3 Å². The van der Waals surface area contributed by atoms with Crippen molar-refractivity contribution in [1.29, 1.82) is 0 Å². The van der Waals surface area contributed by atoms with Crippen molar-refractivity contribution in [3.05, 3.63) is 34.9 Å². The predicted molar refractivity (Wildman–Crippen MR) is 95.2 cm³/mol. The molecule has 3 unspecified atom stereocenters. The third-order valence-corrected chi connectivity index (χ3v) is 5.33. The first kappa shape index (κ1) is 17.4. The molecule has 1 aliphatic heterocycles. The summed E-state index contributed by atoms with van der Waals surface area (Å²) in [5, 5.41) is 4.41. The van der Waals surface area contributed by atoms with Crippen molar-refractivity contribution in [2.75, 3.05) is 5.75 Å². The minimum Gasteiger partial charge on any atom is -0.379 e. The van der Waals surface area contributed by atoms with Gasteiger partial charge in [0.25, 0.3) is 5.91 Å². The largest absolute Gasteiger partial charge is 0.379 e. The second-order valence-corrected chi connectivity index (χ2v) is 7.08. The number of halogens is 2. The molecule has 1 aliphatic carbocycles. The smallest absolute Gasteiger partial charge is 0.251 e. The Labute approximate surface area is 145 Å². The number of nitrogens with zero attached hydrogens (tertiary/aromatic N) is 1. The molecule has 0 saturated heterocycles. The number of nitrogens with one attached hydrogen (secondary N) is 1. The van der Waals surface area contributed by atoms with Crippen LogP contribution in [0.2, 0.25) is 5.02 Å². The van der Waals surface area contributed by atoms with Crippen LogP contribution in [0.5, 0.6) is 0 Å². The minimum absolute atomic E-state index is 0. The van der Waals surface area contributed by atoms with Crippen molar-refractivity contribution in [2.24, 2.45) is 16.6 Å². The highest BCUT2D eigenvalue weighted by atomic mass is 35.5. The van der Waals surface area contributed by atoms with Gasteiger partial charge in [-0.15, -0.1) is 12.4 Å². The maximum absolute atomic E-state index is 12.3. The quantitative estimate of drug-likeness (QED) is 0.852. The summed E-state index contributed by atoms with van der Waals surface area (Å²) in [6.45, 7) is 0. The lowest BCUT2D eigenvalue weighted by Gasteiger charge is -2.36. The Bertz CT molecular complexity index is 582. The number of rotatable bonds is 2. The van der Waals surface area contributed by atoms with Gasteiger partial charge in [-0.2, -0.15) is 0 Å². The van der Waals surface area contributed by atoms with Gasteiger partial charge in [-0.1, -0.05) is 29.4 Å². The summed E-state index contributed by atoms with van der Waals surface area (Å²) in [4.78, 5) is 16.8. The van der Waals surface area contributed by atoms with E-state index in [1.807, 2.05) is 0 Å². The van der Waals surface area contributed by atoms with Crippen LogP contribution in [0, 0.1) is 5.92 Å². The topological polar surface area (TPSA) is 67.5 Å². The molecule has 7 heteroatoms. The van der Waals surface area contributed by atoms with Crippen LogP contribution in [-0.2, 0) is 0 Å². The molecule has 1 amide bonds. The molecular weight excluding hydrogens is 341 g/mol. The summed E-state index contributed by atoms with van der Waals surface area (Å²) < 4.78 is 0. The van der Waals surface area contributed by atoms with Crippen molar-refractivity contribution in [1.82, 2.24) is 5.32 Å². The second kappa shape index (κ2) is 7.57. The Morgan fingerprint density at radius 2 is 2.23 bits per heavy atom. The Morgan fingerprint density at radius 3 is 3.00 bits per heavy atom. The number of hydrogen-bond acceptors (Lipinski definition) is 4. The number of aliphatic imine (C=N–C) groups is 1. The summed E-state index contributed by atoms with van der Waals surface area (Å²) >= 11 is 7.55. The summed E-state index contributed by atoms with van der Waals surface area (Å²) in [6.07, 6.45) is 2.92. The van der Waals surface area contributed by atoms with E-state index in [9.17, 15) is 4.79 Å². The van der Waals surface area contributed by atoms with Crippen LogP contribution in [0.4, 0.5) is 0 Å². The van der Waals surface area contributed by atoms with E-state index in [0.717, 1.165) is 25.0 Å². The molecule has 0 bridgehead atoms. The van der Waals surface area contributed by atoms with Crippen molar-refractivity contribution in [2.45, 2.75) is 31.3 Å². The molecule has 4 nitrogen and oxygen atoms in total. The van der Waals surface area contributed by atoms with Crippen LogP contribution >= 0.6 is 35.8 Å². The zero-order valence-corrected chi connectivity index (χ0v) is 14.4. The molecule has 1 saturated carbocycles. The van der Waals surface area contributed by atoms with E-state index in [1.54, 1.807) is 36.0 Å². The third kappa shape index (κ3) is 4.09. The van der Waals surface area contributed by atoms with E-state index in [0.29, 0.717) is 27.7 Å². The van der Waals surface area contributed by atoms with E-state index in [4.69, 9.17) is 17.3 Å². The molecule has 1 heterocycles. The lowest BCUT2D eigenvalue weighted by molar-refractivity contribution is 0.0918. The maximum atomic E-state index is 12.3. The molecule has 3 atom stereocenters. The molecule has 0 aromatic heterocycles. The predicted octanol–water partition coefficient (Wildman–Crippen LogP) is 3.09. The minimum atomic E-state index is -0.0487. The van der Waals surface area contributed by atoms with Crippen molar-refractivity contribution < 1.29 is 4.79 Å². The fraction of sp³-hybridized carbons (Fsp3) is 0.467. The van der Waals surface area contributed by atoms with Gasteiger partial charge < -0.3 is 11.1 Å². The van der Waals surface area contributed by atoms with Gasteiger partial charge in [0.15, 0.2) is 5.17 Å². The lowest BCUT2D eigenvalue weighted by Crippen LogP contribution is -2.44. The van der Waals surface area contributed by atoms with E-state index < -0.39 is 0 Å². The Balaban J connectivity index is 0.00000176. The molecule has 2 aliphatic rings. The lowest BCUT2D eigenvalue weighted by atomic mass is 9.82. The standard InChI is InChI=1S/C15H18ClN3OS.ClH/c16-11-3-1-2-9(6-11)14(20)18-12-4-5-13-10(7-12)8-21-15(17)19-13;/h1-3,6,10,12-13H,4-5,7-8H2,(H2,17,19)(H,18,20);1H. The summed E-state index contributed by atoms with van der Waals surface area (Å²) in [7, 11) is 0. The Morgan fingerprint density at radius 1 is 1.41 bits per heavy atom. The molecule has 1 fully saturated rings. The van der Waals surface area contributed by atoms with Crippen molar-refractivity contribution in [3.63, 3.8) is 0 Å². The second-order valence-electron chi connectivity index (χ2n) is 5.60. The van der Waals surface area contributed by atoms with Gasteiger partial charge >= 0.3 is 0 Å². The molecule has 22 heavy (non-hydrogen) atoms. The van der Waals surface area contributed by atoms with Gasteiger partial charge in [0.2, 0.25) is 0 Å². The first-order valence-electron chi connectivity index (χ1n) is 7.14. The molecule has 1 aromatic carbocycles. The van der Waals surface area contributed by atoms with Crippen molar-refractivity contribution >= 4 is 46.8 Å². The van der Waals surface area contributed by atoms with Crippen LogP contribution in [0.25, 0.3) is 0 Å². The number of amidine groups is 1. The van der Waals surface area contributed by atoms with Gasteiger partial charge in [-0.05, 0) is 43.4 Å². The van der Waals surface area contributed by atoms with Gasteiger partial charge in [-0.3, -0.25) is 9.79 Å². The number of fused-ring (bicyclic) bond motifs is 1. The van der Waals surface area contributed by atoms with Crippen molar-refractivity contribution in [3.8, 4) is 0 Å². The number of nitrogens with two attached hydrogens (primary N) is 1. The number of thioether (sulfide) groups is 1. The van der Waals surface area contributed by atoms with E-state index in [-0.39, 0.29) is 24.4 Å². The average Bonchev–Trinajstić information content (AvgIpc) is 2.47. The van der Waals surface area contributed by atoms with E-state index in [1.165, 1.54) is 0 Å². The van der Waals surface area contributed by atoms with Gasteiger partial charge in [0.05, 0.1) is 6.04 Å². The van der Waals surface area contributed by atoms with E-state index >= 15 is 0 Å². The zero-order chi connectivity index (χ0) is 14.8. The van der Waals surface area contributed by atoms with Gasteiger partial charge in [0, 0.05) is 22.4 Å². The average molecular weight is 360 g/mol.